The van der Waals surface area contributed by atoms with Crippen LogP contribution in [0.5, 0.6) is 0 Å². The van der Waals surface area contributed by atoms with Gasteiger partial charge >= 0.3 is 0 Å². The van der Waals surface area contributed by atoms with E-state index in [0.29, 0.717) is 18.7 Å². The molecule has 0 aliphatic carbocycles. The predicted molar refractivity (Wildman–Crippen MR) is 66.2 cm³/mol. The van der Waals surface area contributed by atoms with Crippen molar-refractivity contribution >= 4 is 11.4 Å². The fraction of sp³-hybridized carbons (Fsp3) is 0.273. The van der Waals surface area contributed by atoms with Gasteiger partial charge in [0, 0.05) is 24.7 Å². The fourth-order valence-corrected chi connectivity index (χ4v) is 1.62. The number of nitro groups is 1. The number of nitrogens with one attached hydrogen (secondary N) is 2. The molecule has 2 rings (SSSR count). The summed E-state index contributed by atoms with van der Waals surface area (Å²) in [7, 11) is 0. The van der Waals surface area contributed by atoms with Crippen molar-refractivity contribution in [3.63, 3.8) is 0 Å². The monoisotopic (exact) mass is 265 g/mol. The number of non-ortho nitro benzene ring substituents is 1. The Bertz CT molecular complexity index is 558. The molecular formula is C11H12FN5O2. The zero-order chi connectivity index (χ0) is 13.7. The zero-order valence-electron chi connectivity index (χ0n) is 9.97. The van der Waals surface area contributed by atoms with Crippen molar-refractivity contribution in [2.24, 2.45) is 0 Å². The molecule has 0 radical (unpaired) electrons. The number of rotatable bonds is 6. The number of aromatic amines is 1. The number of nitrogens with zero attached hydrogens (tertiary/aromatic N) is 3. The van der Waals surface area contributed by atoms with Gasteiger partial charge in [0.2, 0.25) is 0 Å². The van der Waals surface area contributed by atoms with E-state index < -0.39 is 10.7 Å². The topological polar surface area (TPSA) is 96.7 Å². The Morgan fingerprint density at radius 1 is 1.42 bits per heavy atom. The molecule has 0 fully saturated rings. The number of anilines is 1. The second kappa shape index (κ2) is 5.89. The average Bonchev–Trinajstić information content (AvgIpc) is 2.87. The molecule has 0 aliphatic heterocycles. The minimum atomic E-state index is -0.632. The molecule has 2 aromatic rings. The van der Waals surface area contributed by atoms with Gasteiger partial charge in [0.15, 0.2) is 0 Å². The second-order valence-electron chi connectivity index (χ2n) is 3.92. The first-order chi connectivity index (χ1) is 9.15. The van der Waals surface area contributed by atoms with E-state index in [2.05, 4.69) is 20.5 Å². The molecule has 0 saturated heterocycles. The maximum absolute atomic E-state index is 13.2. The third kappa shape index (κ3) is 3.73. The molecule has 1 heterocycles. The predicted octanol–water partition coefficient (Wildman–Crippen LogP) is 1.90. The van der Waals surface area contributed by atoms with Crippen LogP contribution in [-0.4, -0.2) is 26.6 Å². The van der Waals surface area contributed by atoms with Crippen LogP contribution in [0.25, 0.3) is 0 Å². The molecule has 0 amide bonds. The highest BCUT2D eigenvalue weighted by Gasteiger charge is 2.09. The molecule has 0 spiro atoms. The quantitative estimate of drug-likeness (QED) is 0.472. The van der Waals surface area contributed by atoms with Crippen LogP contribution in [0, 0.1) is 15.9 Å². The van der Waals surface area contributed by atoms with Gasteiger partial charge in [-0.3, -0.25) is 15.2 Å². The summed E-state index contributed by atoms with van der Waals surface area (Å²) >= 11 is 0. The third-order valence-electron chi connectivity index (χ3n) is 2.48. The molecule has 7 nitrogen and oxygen atoms in total. The van der Waals surface area contributed by atoms with E-state index in [1.165, 1.54) is 18.5 Å². The Balaban J connectivity index is 1.87. The van der Waals surface area contributed by atoms with Crippen LogP contribution in [0.3, 0.4) is 0 Å². The highest BCUT2D eigenvalue weighted by molar-refractivity contribution is 5.51. The third-order valence-corrected chi connectivity index (χ3v) is 2.48. The number of aryl methyl sites for hydroxylation is 1. The Labute approximate surface area is 108 Å². The van der Waals surface area contributed by atoms with Crippen LogP contribution < -0.4 is 5.32 Å². The van der Waals surface area contributed by atoms with Gasteiger partial charge in [0.25, 0.3) is 5.69 Å². The molecule has 8 heteroatoms. The molecule has 0 saturated carbocycles. The Kier molecular flexibility index (Phi) is 4.01. The normalized spacial score (nSPS) is 10.4. The summed E-state index contributed by atoms with van der Waals surface area (Å²) in [6.07, 6.45) is 2.88. The number of hydrogen-bond acceptors (Lipinski definition) is 5. The number of nitro benzene ring substituents is 1. The number of H-pyrrole nitrogens is 1. The summed E-state index contributed by atoms with van der Waals surface area (Å²) in [4.78, 5) is 13.9. The number of hydrogen-bond donors (Lipinski definition) is 2. The van der Waals surface area contributed by atoms with Crippen molar-refractivity contribution in [2.75, 3.05) is 11.9 Å². The van der Waals surface area contributed by atoms with Crippen molar-refractivity contribution in [1.29, 1.82) is 0 Å². The van der Waals surface area contributed by atoms with Gasteiger partial charge in [0.1, 0.15) is 18.0 Å². The lowest BCUT2D eigenvalue weighted by Crippen LogP contribution is -2.04. The van der Waals surface area contributed by atoms with Crippen LogP contribution in [0.2, 0.25) is 0 Å². The summed E-state index contributed by atoms with van der Waals surface area (Å²) in [6.45, 7) is 0.557. The number of aromatic nitrogens is 3. The summed E-state index contributed by atoms with van der Waals surface area (Å²) in [5, 5.41) is 20.0. The van der Waals surface area contributed by atoms with Gasteiger partial charge in [-0.05, 0) is 12.5 Å². The summed E-state index contributed by atoms with van der Waals surface area (Å²) in [5.74, 6) is 0.138. The van der Waals surface area contributed by atoms with Gasteiger partial charge in [-0.1, -0.05) is 0 Å². The molecule has 0 bridgehead atoms. The van der Waals surface area contributed by atoms with Gasteiger partial charge in [-0.15, -0.1) is 0 Å². The number of benzene rings is 1. The first kappa shape index (κ1) is 12.9. The lowest BCUT2D eigenvalue weighted by molar-refractivity contribution is -0.385. The number of halogens is 1. The maximum atomic E-state index is 13.2. The standard InChI is InChI=1S/C11H12FN5O2/c12-8-4-9(6-10(5-8)17(18)19)13-3-1-2-11-14-7-15-16-11/h4-7,13H,1-3H2,(H,14,15,16). The lowest BCUT2D eigenvalue weighted by atomic mass is 10.2. The van der Waals surface area contributed by atoms with E-state index in [1.54, 1.807) is 0 Å². The Morgan fingerprint density at radius 2 is 2.26 bits per heavy atom. The van der Waals surface area contributed by atoms with E-state index in [1.807, 2.05) is 0 Å². The average molecular weight is 265 g/mol. The lowest BCUT2D eigenvalue weighted by Gasteiger charge is -2.05. The minimum absolute atomic E-state index is 0.266. The first-order valence-corrected chi connectivity index (χ1v) is 5.68. The van der Waals surface area contributed by atoms with E-state index in [4.69, 9.17) is 0 Å². The highest BCUT2D eigenvalue weighted by Crippen LogP contribution is 2.19. The van der Waals surface area contributed by atoms with Crippen molar-refractivity contribution in [2.45, 2.75) is 12.8 Å². The molecule has 0 aliphatic rings. The minimum Gasteiger partial charge on any atom is -0.385 e. The molecular weight excluding hydrogens is 253 g/mol. The Hall–Kier alpha value is -2.51. The van der Waals surface area contributed by atoms with Crippen molar-refractivity contribution in [3.05, 3.63) is 46.3 Å². The van der Waals surface area contributed by atoms with E-state index >= 15 is 0 Å². The van der Waals surface area contributed by atoms with Crippen molar-refractivity contribution in [3.8, 4) is 0 Å². The van der Waals surface area contributed by atoms with E-state index in [9.17, 15) is 14.5 Å². The summed E-state index contributed by atoms with van der Waals surface area (Å²) < 4.78 is 13.2. The largest absolute Gasteiger partial charge is 0.385 e. The molecule has 0 unspecified atom stereocenters. The van der Waals surface area contributed by atoms with Crippen LogP contribution in [0.1, 0.15) is 12.2 Å². The smallest absolute Gasteiger partial charge is 0.274 e. The van der Waals surface area contributed by atoms with Gasteiger partial charge in [-0.2, -0.15) is 5.10 Å². The van der Waals surface area contributed by atoms with E-state index in [0.717, 1.165) is 18.3 Å². The first-order valence-electron chi connectivity index (χ1n) is 5.68. The molecule has 100 valence electrons. The maximum Gasteiger partial charge on any atom is 0.274 e. The molecule has 2 N–H and O–H groups in total. The Morgan fingerprint density at radius 3 is 2.95 bits per heavy atom. The second-order valence-corrected chi connectivity index (χ2v) is 3.92. The van der Waals surface area contributed by atoms with Gasteiger partial charge < -0.3 is 5.32 Å². The van der Waals surface area contributed by atoms with Crippen LogP contribution in [0.4, 0.5) is 15.8 Å². The van der Waals surface area contributed by atoms with Gasteiger partial charge in [-0.25, -0.2) is 9.37 Å². The van der Waals surface area contributed by atoms with Crippen LogP contribution in [-0.2, 0) is 6.42 Å². The molecule has 1 aromatic carbocycles. The molecule has 19 heavy (non-hydrogen) atoms. The SMILES string of the molecule is O=[N+]([O-])c1cc(F)cc(NCCCc2ncn[nH]2)c1. The van der Waals surface area contributed by atoms with Crippen molar-refractivity contribution < 1.29 is 9.31 Å². The van der Waals surface area contributed by atoms with Gasteiger partial charge in [0.05, 0.1) is 11.0 Å². The van der Waals surface area contributed by atoms with E-state index in [-0.39, 0.29) is 5.69 Å². The summed E-state index contributed by atoms with van der Waals surface area (Å²) in [5.41, 5.74) is 0.127. The summed E-state index contributed by atoms with van der Waals surface area (Å²) in [6, 6.07) is 3.42. The van der Waals surface area contributed by atoms with Crippen LogP contribution in [0.15, 0.2) is 24.5 Å². The zero-order valence-corrected chi connectivity index (χ0v) is 9.97. The highest BCUT2D eigenvalue weighted by atomic mass is 19.1. The fourth-order valence-electron chi connectivity index (χ4n) is 1.62. The van der Waals surface area contributed by atoms with Crippen LogP contribution >= 0.6 is 0 Å². The van der Waals surface area contributed by atoms with Crippen molar-refractivity contribution in [1.82, 2.24) is 15.2 Å². The molecule has 0 atom stereocenters. The molecule has 1 aromatic heterocycles.